The van der Waals surface area contributed by atoms with Crippen LogP contribution in [-0.2, 0) is 19.3 Å². The molecule has 0 bridgehead atoms. The molecule has 140 valence electrons. The molecule has 0 radical (unpaired) electrons. The number of nitrogens with zero attached hydrogens (tertiary/aromatic N) is 3. The molecule has 1 heterocycles. The second-order valence-corrected chi connectivity index (χ2v) is 8.10. The van der Waals surface area contributed by atoms with Gasteiger partial charge in [0.25, 0.3) is 5.69 Å². The Morgan fingerprint density at radius 1 is 1.21 bits per heavy atom. The SMILES string of the molecule is Cc1cc([N+](=O)[O-])c(C#N)cc1Cc1nc(-c2ccc3c(c2)CCCC3)cs1. The molecule has 0 amide bonds. The van der Waals surface area contributed by atoms with Gasteiger partial charge in [-0.2, -0.15) is 5.26 Å². The maximum Gasteiger partial charge on any atom is 0.287 e. The number of thiazole rings is 1. The van der Waals surface area contributed by atoms with Gasteiger partial charge < -0.3 is 0 Å². The van der Waals surface area contributed by atoms with Gasteiger partial charge in [-0.15, -0.1) is 11.3 Å². The molecule has 1 aliphatic rings. The van der Waals surface area contributed by atoms with Crippen molar-refractivity contribution in [1.82, 2.24) is 4.98 Å². The highest BCUT2D eigenvalue weighted by Crippen LogP contribution is 2.30. The number of aromatic nitrogens is 1. The van der Waals surface area contributed by atoms with E-state index in [9.17, 15) is 15.4 Å². The molecule has 2 aromatic carbocycles. The third kappa shape index (κ3) is 3.54. The number of nitro benzene ring substituents is 1. The van der Waals surface area contributed by atoms with Crippen molar-refractivity contribution in [3.63, 3.8) is 0 Å². The average Bonchev–Trinajstić information content (AvgIpc) is 3.17. The second-order valence-electron chi connectivity index (χ2n) is 7.16. The maximum atomic E-state index is 11.1. The lowest BCUT2D eigenvalue weighted by molar-refractivity contribution is -0.385. The number of nitriles is 1. The van der Waals surface area contributed by atoms with Crippen LogP contribution in [0.3, 0.4) is 0 Å². The Kier molecular flexibility index (Phi) is 4.93. The van der Waals surface area contributed by atoms with E-state index in [0.29, 0.717) is 6.42 Å². The molecule has 1 aliphatic carbocycles. The van der Waals surface area contributed by atoms with Gasteiger partial charge in [-0.25, -0.2) is 4.98 Å². The molecule has 5 nitrogen and oxygen atoms in total. The number of nitro groups is 1. The van der Waals surface area contributed by atoms with Crippen molar-refractivity contribution in [2.45, 2.75) is 39.0 Å². The van der Waals surface area contributed by atoms with Crippen LogP contribution in [-0.4, -0.2) is 9.91 Å². The summed E-state index contributed by atoms with van der Waals surface area (Å²) in [7, 11) is 0. The van der Waals surface area contributed by atoms with Gasteiger partial charge in [0, 0.05) is 23.4 Å². The fourth-order valence-electron chi connectivity index (χ4n) is 3.75. The minimum atomic E-state index is -0.507. The summed E-state index contributed by atoms with van der Waals surface area (Å²) < 4.78 is 0. The smallest absolute Gasteiger partial charge is 0.258 e. The summed E-state index contributed by atoms with van der Waals surface area (Å²) >= 11 is 1.58. The van der Waals surface area contributed by atoms with Crippen LogP contribution in [0.5, 0.6) is 0 Å². The largest absolute Gasteiger partial charge is 0.287 e. The summed E-state index contributed by atoms with van der Waals surface area (Å²) in [6, 6.07) is 11.7. The van der Waals surface area contributed by atoms with Crippen LogP contribution in [0.1, 0.15) is 45.7 Å². The molecule has 4 rings (SSSR count). The Morgan fingerprint density at radius 3 is 2.75 bits per heavy atom. The van der Waals surface area contributed by atoms with Gasteiger partial charge in [0.15, 0.2) is 0 Å². The summed E-state index contributed by atoms with van der Waals surface area (Å²) in [5.74, 6) is 0. The van der Waals surface area contributed by atoms with Crippen molar-refractivity contribution in [3.8, 4) is 17.3 Å². The lowest BCUT2D eigenvalue weighted by Crippen LogP contribution is -2.02. The quantitative estimate of drug-likeness (QED) is 0.444. The summed E-state index contributed by atoms with van der Waals surface area (Å²) in [6.07, 6.45) is 5.39. The van der Waals surface area contributed by atoms with Crippen LogP contribution in [0.15, 0.2) is 35.7 Å². The molecule has 0 saturated carbocycles. The minimum absolute atomic E-state index is 0.0945. The third-order valence-electron chi connectivity index (χ3n) is 5.31. The third-order valence-corrected chi connectivity index (χ3v) is 6.16. The van der Waals surface area contributed by atoms with Gasteiger partial charge in [-0.05, 0) is 67.0 Å². The molecule has 3 aromatic rings. The second kappa shape index (κ2) is 7.53. The first kappa shape index (κ1) is 18.3. The average molecular weight is 389 g/mol. The molecule has 0 aliphatic heterocycles. The molecule has 6 heteroatoms. The van der Waals surface area contributed by atoms with Crippen molar-refractivity contribution >= 4 is 17.0 Å². The Balaban J connectivity index is 1.61. The number of hydrogen-bond acceptors (Lipinski definition) is 5. The van der Waals surface area contributed by atoms with E-state index in [-0.39, 0.29) is 11.3 Å². The van der Waals surface area contributed by atoms with Crippen molar-refractivity contribution in [1.29, 1.82) is 5.26 Å². The van der Waals surface area contributed by atoms with Crippen molar-refractivity contribution in [2.75, 3.05) is 0 Å². The maximum absolute atomic E-state index is 11.1. The van der Waals surface area contributed by atoms with Crippen molar-refractivity contribution < 1.29 is 4.92 Å². The highest BCUT2D eigenvalue weighted by molar-refractivity contribution is 7.10. The zero-order chi connectivity index (χ0) is 19.7. The van der Waals surface area contributed by atoms with E-state index in [2.05, 4.69) is 23.6 Å². The van der Waals surface area contributed by atoms with E-state index in [0.717, 1.165) is 33.8 Å². The molecule has 28 heavy (non-hydrogen) atoms. The fraction of sp³-hybridized carbons (Fsp3) is 0.273. The molecule has 0 unspecified atom stereocenters. The van der Waals surface area contributed by atoms with Gasteiger partial charge in [-0.1, -0.05) is 12.1 Å². The summed E-state index contributed by atoms with van der Waals surface area (Å²) in [5, 5.41) is 23.3. The van der Waals surface area contributed by atoms with Crippen LogP contribution in [0.25, 0.3) is 11.3 Å². The van der Waals surface area contributed by atoms with E-state index >= 15 is 0 Å². The van der Waals surface area contributed by atoms with Gasteiger partial charge in [0.2, 0.25) is 0 Å². The highest BCUT2D eigenvalue weighted by atomic mass is 32.1. The molecule has 0 saturated heterocycles. The lowest BCUT2D eigenvalue weighted by atomic mass is 9.90. The molecule has 0 fully saturated rings. The Labute approximate surface area is 167 Å². The van der Waals surface area contributed by atoms with Crippen LogP contribution in [0.2, 0.25) is 0 Å². The van der Waals surface area contributed by atoms with Gasteiger partial charge in [-0.3, -0.25) is 10.1 Å². The van der Waals surface area contributed by atoms with Gasteiger partial charge in [0.05, 0.1) is 15.6 Å². The standard InChI is InChI=1S/C22H19N3O2S/c1-14-8-21(25(26)27)19(12-23)10-18(14)11-22-24-20(13-28-22)17-7-6-15-4-2-3-5-16(15)9-17/h6-10,13H,2-5,11H2,1H3. The topological polar surface area (TPSA) is 79.8 Å². The molecule has 0 N–H and O–H groups in total. The van der Waals surface area contributed by atoms with Gasteiger partial charge in [0.1, 0.15) is 11.6 Å². The zero-order valence-electron chi connectivity index (χ0n) is 15.6. The Morgan fingerprint density at radius 2 is 2.00 bits per heavy atom. The molecule has 1 aromatic heterocycles. The predicted octanol–water partition coefficient (Wildman–Crippen LogP) is 5.37. The summed E-state index contributed by atoms with van der Waals surface area (Å²) in [5.41, 5.74) is 6.65. The first-order chi connectivity index (χ1) is 13.5. The highest BCUT2D eigenvalue weighted by Gasteiger charge is 2.18. The van der Waals surface area contributed by atoms with Crippen LogP contribution < -0.4 is 0 Å². The number of benzene rings is 2. The number of fused-ring (bicyclic) bond motifs is 1. The minimum Gasteiger partial charge on any atom is -0.258 e. The van der Waals surface area contributed by atoms with E-state index in [1.165, 1.54) is 36.5 Å². The van der Waals surface area contributed by atoms with E-state index in [4.69, 9.17) is 4.98 Å². The first-order valence-corrected chi connectivity index (χ1v) is 10.2. The van der Waals surface area contributed by atoms with Crippen LogP contribution >= 0.6 is 11.3 Å². The molecule has 0 atom stereocenters. The lowest BCUT2D eigenvalue weighted by Gasteiger charge is -2.16. The number of hydrogen-bond donors (Lipinski definition) is 0. The molecular weight excluding hydrogens is 370 g/mol. The normalized spacial score (nSPS) is 13.0. The number of aryl methyl sites for hydroxylation is 3. The van der Waals surface area contributed by atoms with E-state index < -0.39 is 4.92 Å². The van der Waals surface area contributed by atoms with E-state index in [1.807, 2.05) is 13.0 Å². The number of rotatable bonds is 4. The Hall–Kier alpha value is -3.04. The van der Waals surface area contributed by atoms with Crippen LogP contribution in [0.4, 0.5) is 5.69 Å². The zero-order valence-corrected chi connectivity index (χ0v) is 16.4. The summed E-state index contributed by atoms with van der Waals surface area (Å²) in [4.78, 5) is 15.4. The van der Waals surface area contributed by atoms with Gasteiger partial charge >= 0.3 is 0 Å². The summed E-state index contributed by atoms with van der Waals surface area (Å²) in [6.45, 7) is 1.83. The predicted molar refractivity (Wildman–Crippen MR) is 110 cm³/mol. The van der Waals surface area contributed by atoms with Crippen LogP contribution in [0, 0.1) is 28.4 Å². The Bertz CT molecular complexity index is 1110. The monoisotopic (exact) mass is 389 g/mol. The molecule has 0 spiro atoms. The first-order valence-electron chi connectivity index (χ1n) is 9.30. The van der Waals surface area contributed by atoms with E-state index in [1.54, 1.807) is 17.4 Å². The molecular formula is C22H19N3O2S. The fourth-order valence-corrected chi connectivity index (χ4v) is 4.58. The van der Waals surface area contributed by atoms with Crippen molar-refractivity contribution in [2.24, 2.45) is 0 Å². The van der Waals surface area contributed by atoms with Crippen molar-refractivity contribution in [3.05, 3.63) is 78.7 Å².